The molecule has 0 aromatic heterocycles. The van der Waals surface area contributed by atoms with E-state index < -0.39 is 0 Å². The molecule has 2 rings (SSSR count). The minimum absolute atomic E-state index is 0.285. The van der Waals surface area contributed by atoms with Crippen LogP contribution in [0.25, 0.3) is 6.08 Å². The van der Waals surface area contributed by atoms with Gasteiger partial charge in [-0.2, -0.15) is 0 Å². The Balaban J connectivity index is 2.20. The molecule has 102 valence electrons. The molecule has 0 aliphatic rings. The zero-order chi connectivity index (χ0) is 14.4. The number of aryl methyl sites for hydroxylation is 1. The van der Waals surface area contributed by atoms with Gasteiger partial charge in [0.1, 0.15) is 0 Å². The van der Waals surface area contributed by atoms with Crippen molar-refractivity contribution < 1.29 is 0 Å². The molecule has 0 fully saturated rings. The average Bonchev–Trinajstić information content (AvgIpc) is 2.46. The van der Waals surface area contributed by atoms with Gasteiger partial charge >= 0.3 is 0 Å². The molecule has 2 aromatic carbocycles. The molecule has 0 nitrogen and oxygen atoms in total. The van der Waals surface area contributed by atoms with Crippen LogP contribution in [0.3, 0.4) is 0 Å². The largest absolute Gasteiger partial charge is 0.119 e. The molecule has 0 heterocycles. The lowest BCUT2D eigenvalue weighted by molar-refractivity contribution is 1.10. The summed E-state index contributed by atoms with van der Waals surface area (Å²) in [5, 5.41) is 1.42. The highest BCUT2D eigenvalue weighted by atomic mass is 31.1. The van der Waals surface area contributed by atoms with E-state index in [4.69, 9.17) is 0 Å². The molecule has 0 saturated carbocycles. The Kier molecular flexibility index (Phi) is 5.36. The number of benzene rings is 2. The van der Waals surface area contributed by atoms with Crippen LogP contribution in [0.4, 0.5) is 0 Å². The molecule has 1 heteroatoms. The SMILES string of the molecule is Cc1ccc(C=C=CP(c2ccccc2)C(C)C)cc1. The van der Waals surface area contributed by atoms with Crippen LogP contribution in [0.2, 0.25) is 0 Å². The first kappa shape index (κ1) is 14.8. The van der Waals surface area contributed by atoms with Crippen molar-refractivity contribution in [1.82, 2.24) is 0 Å². The highest BCUT2D eigenvalue weighted by molar-refractivity contribution is 7.69. The number of hydrogen-bond acceptors (Lipinski definition) is 0. The molecule has 0 N–H and O–H groups in total. The molecular formula is C19H21P. The monoisotopic (exact) mass is 280 g/mol. The second-order valence-electron chi connectivity index (χ2n) is 5.19. The van der Waals surface area contributed by atoms with E-state index in [-0.39, 0.29) is 7.92 Å². The van der Waals surface area contributed by atoms with Gasteiger partial charge in [0.05, 0.1) is 0 Å². The molecule has 1 unspecified atom stereocenters. The predicted octanol–water partition coefficient (Wildman–Crippen LogP) is 5.34. The lowest BCUT2D eigenvalue weighted by atomic mass is 10.1. The van der Waals surface area contributed by atoms with Gasteiger partial charge in [0.25, 0.3) is 0 Å². The standard InChI is InChI=1S/C19H21P/c1-16(2)20(19-9-5-4-6-10-19)15-7-8-18-13-11-17(3)12-14-18/h4-6,8-16H,1-3H3. The first-order chi connectivity index (χ1) is 9.66. The molecule has 0 amide bonds. The summed E-state index contributed by atoms with van der Waals surface area (Å²) >= 11 is 0. The van der Waals surface area contributed by atoms with Gasteiger partial charge in [0.2, 0.25) is 0 Å². The van der Waals surface area contributed by atoms with Crippen molar-refractivity contribution in [2.45, 2.75) is 26.4 Å². The summed E-state index contributed by atoms with van der Waals surface area (Å²) in [6.07, 6.45) is 2.07. The molecule has 1 atom stereocenters. The van der Waals surface area contributed by atoms with Crippen molar-refractivity contribution in [3.8, 4) is 0 Å². The third-order valence-corrected chi connectivity index (χ3v) is 5.59. The number of rotatable bonds is 4. The van der Waals surface area contributed by atoms with Crippen LogP contribution in [0.15, 0.2) is 66.1 Å². The molecule has 0 aliphatic carbocycles. The third-order valence-electron chi connectivity index (χ3n) is 3.15. The minimum atomic E-state index is -0.285. The first-order valence-corrected chi connectivity index (χ1v) is 8.47. The third kappa shape index (κ3) is 4.20. The van der Waals surface area contributed by atoms with Gasteiger partial charge in [-0.1, -0.05) is 74.0 Å². The predicted molar refractivity (Wildman–Crippen MR) is 91.9 cm³/mol. The highest BCUT2D eigenvalue weighted by Crippen LogP contribution is 2.40. The maximum absolute atomic E-state index is 3.38. The Hall–Kier alpha value is -1.61. The summed E-state index contributed by atoms with van der Waals surface area (Å²) in [5.41, 5.74) is 6.51. The van der Waals surface area contributed by atoms with Crippen molar-refractivity contribution in [2.75, 3.05) is 0 Å². The van der Waals surface area contributed by atoms with Crippen molar-refractivity contribution in [1.29, 1.82) is 0 Å². The lowest BCUT2D eigenvalue weighted by Crippen LogP contribution is -2.05. The van der Waals surface area contributed by atoms with Gasteiger partial charge < -0.3 is 0 Å². The molecule has 2 aromatic rings. The highest BCUT2D eigenvalue weighted by Gasteiger charge is 2.10. The summed E-state index contributed by atoms with van der Waals surface area (Å²) < 4.78 is 0. The summed E-state index contributed by atoms with van der Waals surface area (Å²) in [6, 6.07) is 19.3. The normalized spacial score (nSPS) is 11.8. The summed E-state index contributed by atoms with van der Waals surface area (Å²) in [7, 11) is -0.285. The van der Waals surface area contributed by atoms with Crippen molar-refractivity contribution in [2.24, 2.45) is 0 Å². The molecule has 20 heavy (non-hydrogen) atoms. The Labute approximate surface area is 123 Å². The molecule has 0 aliphatic heterocycles. The van der Waals surface area contributed by atoms with Gasteiger partial charge in [-0.05, 0) is 43.3 Å². The van der Waals surface area contributed by atoms with Crippen LogP contribution in [-0.2, 0) is 0 Å². The van der Waals surface area contributed by atoms with E-state index in [0.717, 1.165) is 0 Å². The second-order valence-corrected chi connectivity index (χ2v) is 7.81. The smallest absolute Gasteiger partial charge is 0.0127 e. The van der Waals surface area contributed by atoms with E-state index in [9.17, 15) is 0 Å². The molecule has 0 spiro atoms. The van der Waals surface area contributed by atoms with E-state index in [2.05, 4.69) is 93.0 Å². The topological polar surface area (TPSA) is 0 Å². The fourth-order valence-electron chi connectivity index (χ4n) is 2.00. The number of hydrogen-bond donors (Lipinski definition) is 0. The first-order valence-electron chi connectivity index (χ1n) is 6.99. The minimum Gasteiger partial charge on any atom is -0.119 e. The fourth-order valence-corrected chi connectivity index (χ4v) is 3.79. The van der Waals surface area contributed by atoms with Crippen LogP contribution in [0.1, 0.15) is 25.0 Å². The van der Waals surface area contributed by atoms with Crippen LogP contribution in [0.5, 0.6) is 0 Å². The van der Waals surface area contributed by atoms with E-state index in [0.29, 0.717) is 5.66 Å². The van der Waals surface area contributed by atoms with Gasteiger partial charge in [0, 0.05) is 0 Å². The Morgan fingerprint density at radius 3 is 2.20 bits per heavy atom. The Bertz CT molecular complexity index is 587. The molecular weight excluding hydrogens is 259 g/mol. The van der Waals surface area contributed by atoms with E-state index in [1.54, 1.807) is 0 Å². The second kappa shape index (κ2) is 7.25. The van der Waals surface area contributed by atoms with E-state index in [1.807, 2.05) is 0 Å². The summed E-state index contributed by atoms with van der Waals surface area (Å²) in [4.78, 5) is 0. The van der Waals surface area contributed by atoms with Crippen LogP contribution < -0.4 is 5.30 Å². The zero-order valence-electron chi connectivity index (χ0n) is 12.4. The average molecular weight is 280 g/mol. The molecule has 0 radical (unpaired) electrons. The summed E-state index contributed by atoms with van der Waals surface area (Å²) in [6.45, 7) is 6.67. The van der Waals surface area contributed by atoms with Crippen molar-refractivity contribution in [3.63, 3.8) is 0 Å². The van der Waals surface area contributed by atoms with E-state index >= 15 is 0 Å². The van der Waals surface area contributed by atoms with E-state index in [1.165, 1.54) is 16.4 Å². The van der Waals surface area contributed by atoms with Gasteiger partial charge in [-0.25, -0.2) is 0 Å². The summed E-state index contributed by atoms with van der Waals surface area (Å²) in [5.74, 6) is 2.25. The van der Waals surface area contributed by atoms with Gasteiger partial charge in [-0.3, -0.25) is 0 Å². The Morgan fingerprint density at radius 1 is 0.950 bits per heavy atom. The van der Waals surface area contributed by atoms with Crippen molar-refractivity contribution >= 4 is 19.3 Å². The van der Waals surface area contributed by atoms with Gasteiger partial charge in [0.15, 0.2) is 0 Å². The lowest BCUT2D eigenvalue weighted by Gasteiger charge is -2.16. The van der Waals surface area contributed by atoms with Crippen molar-refractivity contribution in [3.05, 3.63) is 77.3 Å². The van der Waals surface area contributed by atoms with Crippen LogP contribution in [0, 0.1) is 6.92 Å². The maximum Gasteiger partial charge on any atom is -0.0127 e. The Morgan fingerprint density at radius 2 is 1.60 bits per heavy atom. The van der Waals surface area contributed by atoms with Crippen LogP contribution >= 0.6 is 7.92 Å². The molecule has 0 bridgehead atoms. The quantitative estimate of drug-likeness (QED) is 0.524. The van der Waals surface area contributed by atoms with Gasteiger partial charge in [-0.15, -0.1) is 5.73 Å². The molecule has 0 saturated heterocycles. The maximum atomic E-state index is 3.38. The zero-order valence-corrected chi connectivity index (χ0v) is 13.3. The fraction of sp³-hybridized carbons (Fsp3) is 0.211. The van der Waals surface area contributed by atoms with Crippen LogP contribution in [-0.4, -0.2) is 5.66 Å².